The molecule has 0 fully saturated rings. The topological polar surface area (TPSA) is 129 Å². The molecule has 0 aliphatic carbocycles. The molecule has 0 atom stereocenters. The molecule has 0 aromatic carbocycles. The minimum absolute atomic E-state index is 0.131. The Kier molecular flexibility index (Phi) is 9.51. The third kappa shape index (κ3) is 12.9. The van der Waals surface area contributed by atoms with Gasteiger partial charge in [-0.05, 0) is 33.6 Å². The maximum absolute atomic E-state index is 11.4. The highest BCUT2D eigenvalue weighted by Gasteiger charge is 2.15. The first-order valence-corrected chi connectivity index (χ1v) is 6.94. The molecule has 0 heterocycles. The van der Waals surface area contributed by atoms with Crippen molar-refractivity contribution >= 4 is 24.1 Å². The Bertz CT molecular complexity index is 404. The molecular weight excluding hydrogens is 292 g/mol. The highest BCUT2D eigenvalue weighted by molar-refractivity contribution is 5.78. The number of hydroxylamine groups is 1. The fraction of sp³-hybridized carbons (Fsp3) is 0.692. The quantitative estimate of drug-likeness (QED) is 0.226. The normalized spacial score (nSPS) is 11.1. The number of hydrogen-bond acceptors (Lipinski definition) is 6. The van der Waals surface area contributed by atoms with Gasteiger partial charge in [0, 0.05) is 19.1 Å². The number of ether oxygens (including phenoxy) is 1. The second-order valence-corrected chi connectivity index (χ2v) is 5.47. The molecule has 0 saturated carbocycles. The third-order valence-corrected chi connectivity index (χ3v) is 2.20. The molecule has 4 N–H and O–H groups in total. The molecule has 0 aromatic rings. The fourth-order valence-corrected chi connectivity index (χ4v) is 1.29. The van der Waals surface area contributed by atoms with Crippen LogP contribution < -0.4 is 16.2 Å². The molecule has 9 nitrogen and oxygen atoms in total. The number of nitrogens with one attached hydrogen (secondary N) is 3. The van der Waals surface area contributed by atoms with Gasteiger partial charge in [-0.2, -0.15) is 5.10 Å². The van der Waals surface area contributed by atoms with E-state index < -0.39 is 17.6 Å². The summed E-state index contributed by atoms with van der Waals surface area (Å²) < 4.78 is 5.01. The Hall–Kier alpha value is -2.16. The van der Waals surface area contributed by atoms with E-state index in [1.807, 2.05) is 0 Å². The molecule has 0 spiro atoms. The van der Waals surface area contributed by atoms with E-state index >= 15 is 0 Å². The van der Waals surface area contributed by atoms with E-state index in [0.717, 1.165) is 0 Å². The van der Waals surface area contributed by atoms with Gasteiger partial charge in [0.1, 0.15) is 5.60 Å². The molecule has 0 saturated heterocycles. The van der Waals surface area contributed by atoms with Crippen LogP contribution in [0.1, 0.15) is 46.5 Å². The Balaban J connectivity index is 3.66. The zero-order valence-corrected chi connectivity index (χ0v) is 13.1. The van der Waals surface area contributed by atoms with Gasteiger partial charge in [0.15, 0.2) is 0 Å². The predicted molar refractivity (Wildman–Crippen MR) is 79.3 cm³/mol. The number of carbonyl (C=O) groups is 3. The zero-order chi connectivity index (χ0) is 17.0. The molecule has 126 valence electrons. The highest BCUT2D eigenvalue weighted by atomic mass is 16.6. The third-order valence-electron chi connectivity index (χ3n) is 2.20. The molecule has 3 amide bonds. The largest absolute Gasteiger partial charge is 0.444 e. The minimum Gasteiger partial charge on any atom is -0.444 e. The summed E-state index contributed by atoms with van der Waals surface area (Å²) >= 11 is 0. The number of amides is 3. The van der Waals surface area contributed by atoms with Crippen LogP contribution in [0.2, 0.25) is 0 Å². The molecule has 0 aliphatic heterocycles. The van der Waals surface area contributed by atoms with E-state index in [4.69, 9.17) is 9.94 Å². The number of alkyl carbamates (subject to hydrolysis) is 1. The van der Waals surface area contributed by atoms with Crippen LogP contribution in [-0.4, -0.2) is 41.5 Å². The summed E-state index contributed by atoms with van der Waals surface area (Å²) in [4.78, 5) is 33.3. The van der Waals surface area contributed by atoms with E-state index in [2.05, 4.69) is 15.8 Å². The first kappa shape index (κ1) is 19.8. The van der Waals surface area contributed by atoms with Crippen LogP contribution in [0.3, 0.4) is 0 Å². The summed E-state index contributed by atoms with van der Waals surface area (Å²) in [6, 6.07) is 0. The molecule has 22 heavy (non-hydrogen) atoms. The van der Waals surface area contributed by atoms with E-state index in [1.165, 1.54) is 11.7 Å². The van der Waals surface area contributed by atoms with Crippen LogP contribution in [0.15, 0.2) is 5.10 Å². The van der Waals surface area contributed by atoms with Gasteiger partial charge in [0.25, 0.3) is 0 Å². The highest BCUT2D eigenvalue weighted by Crippen LogP contribution is 2.05. The Morgan fingerprint density at radius 2 is 1.73 bits per heavy atom. The van der Waals surface area contributed by atoms with Crippen molar-refractivity contribution in [3.8, 4) is 0 Å². The number of hydrogen-bond donors (Lipinski definition) is 4. The molecule has 0 aliphatic rings. The van der Waals surface area contributed by atoms with Crippen molar-refractivity contribution in [2.24, 2.45) is 5.10 Å². The summed E-state index contributed by atoms with van der Waals surface area (Å²) in [6.07, 6.45) is 2.14. The number of unbranched alkanes of at least 4 members (excludes halogenated alkanes) is 1. The Morgan fingerprint density at radius 3 is 2.27 bits per heavy atom. The maximum atomic E-state index is 11.4. The number of hydrazone groups is 1. The average Bonchev–Trinajstić information content (AvgIpc) is 2.40. The fourth-order valence-electron chi connectivity index (χ4n) is 1.29. The van der Waals surface area contributed by atoms with Gasteiger partial charge in [0.05, 0.1) is 6.54 Å². The van der Waals surface area contributed by atoms with Gasteiger partial charge >= 0.3 is 6.09 Å². The summed E-state index contributed by atoms with van der Waals surface area (Å²) in [5.41, 5.74) is 3.24. The maximum Gasteiger partial charge on any atom is 0.407 e. The smallest absolute Gasteiger partial charge is 0.407 e. The zero-order valence-electron chi connectivity index (χ0n) is 13.1. The lowest BCUT2D eigenvalue weighted by Crippen LogP contribution is -2.33. The van der Waals surface area contributed by atoms with Crippen molar-refractivity contribution in [1.29, 1.82) is 0 Å². The van der Waals surface area contributed by atoms with Crippen molar-refractivity contribution in [3.05, 3.63) is 0 Å². The van der Waals surface area contributed by atoms with E-state index in [1.54, 1.807) is 20.8 Å². The molecular formula is C13H24N4O5. The van der Waals surface area contributed by atoms with Gasteiger partial charge in [-0.1, -0.05) is 0 Å². The van der Waals surface area contributed by atoms with Crippen LogP contribution in [0.5, 0.6) is 0 Å². The van der Waals surface area contributed by atoms with Crippen molar-refractivity contribution in [2.75, 3.05) is 6.54 Å². The summed E-state index contributed by atoms with van der Waals surface area (Å²) in [5.74, 6) is -0.774. The summed E-state index contributed by atoms with van der Waals surface area (Å²) in [6.45, 7) is 5.40. The van der Waals surface area contributed by atoms with Crippen molar-refractivity contribution < 1.29 is 24.3 Å². The SMILES string of the molecule is CC(C)(C)OC(=O)NC/C=N/NC(=O)CCCCC(=O)NO. The average molecular weight is 316 g/mol. The number of rotatable bonds is 8. The van der Waals surface area contributed by atoms with Gasteiger partial charge < -0.3 is 10.1 Å². The van der Waals surface area contributed by atoms with Crippen LogP contribution in [0, 0.1) is 0 Å². The first-order valence-electron chi connectivity index (χ1n) is 6.94. The van der Waals surface area contributed by atoms with Crippen molar-refractivity contribution in [3.63, 3.8) is 0 Å². The minimum atomic E-state index is -0.567. The van der Waals surface area contributed by atoms with Crippen molar-refractivity contribution in [2.45, 2.75) is 52.1 Å². The van der Waals surface area contributed by atoms with E-state index in [9.17, 15) is 14.4 Å². The molecule has 0 aromatic heterocycles. The van der Waals surface area contributed by atoms with Crippen LogP contribution in [0.4, 0.5) is 4.79 Å². The molecule has 0 radical (unpaired) electrons. The predicted octanol–water partition coefficient (Wildman–Crippen LogP) is 0.679. The standard InChI is InChI=1S/C13H24N4O5/c1-13(2,3)22-12(20)14-8-9-15-16-10(18)6-4-5-7-11(19)17-21/h9,21H,4-8H2,1-3H3,(H,14,20)(H,16,18)(H,17,19)/b15-9+. The van der Waals surface area contributed by atoms with E-state index in [0.29, 0.717) is 12.8 Å². The van der Waals surface area contributed by atoms with Gasteiger partial charge in [-0.3, -0.25) is 14.8 Å². The lowest BCUT2D eigenvalue weighted by Gasteiger charge is -2.19. The van der Waals surface area contributed by atoms with E-state index in [-0.39, 0.29) is 25.3 Å². The van der Waals surface area contributed by atoms with Gasteiger partial charge in [-0.25, -0.2) is 15.7 Å². The van der Waals surface area contributed by atoms with Gasteiger partial charge in [0.2, 0.25) is 11.8 Å². The molecule has 0 rings (SSSR count). The molecule has 0 bridgehead atoms. The number of carbonyl (C=O) groups excluding carboxylic acids is 3. The molecule has 9 heteroatoms. The molecule has 0 unspecified atom stereocenters. The summed E-state index contributed by atoms with van der Waals surface area (Å²) in [5, 5.41) is 14.4. The Morgan fingerprint density at radius 1 is 1.14 bits per heavy atom. The van der Waals surface area contributed by atoms with Crippen LogP contribution in [-0.2, 0) is 14.3 Å². The summed E-state index contributed by atoms with van der Waals surface area (Å²) in [7, 11) is 0. The lowest BCUT2D eigenvalue weighted by atomic mass is 10.2. The monoisotopic (exact) mass is 316 g/mol. The Labute approximate surface area is 129 Å². The second kappa shape index (κ2) is 10.6. The second-order valence-electron chi connectivity index (χ2n) is 5.47. The first-order chi connectivity index (χ1) is 10.2. The van der Waals surface area contributed by atoms with Gasteiger partial charge in [-0.15, -0.1) is 0 Å². The van der Waals surface area contributed by atoms with Crippen LogP contribution in [0.25, 0.3) is 0 Å². The van der Waals surface area contributed by atoms with Crippen molar-refractivity contribution in [1.82, 2.24) is 16.2 Å². The van der Waals surface area contributed by atoms with Crippen LogP contribution >= 0.6 is 0 Å². The number of nitrogens with zero attached hydrogens (tertiary/aromatic N) is 1. The lowest BCUT2D eigenvalue weighted by molar-refractivity contribution is -0.129.